The van der Waals surface area contributed by atoms with E-state index in [2.05, 4.69) is 22.2 Å². The summed E-state index contributed by atoms with van der Waals surface area (Å²) in [5.41, 5.74) is 10.4. The third kappa shape index (κ3) is 3.22. The molecule has 100 valence electrons. The Morgan fingerprint density at radius 1 is 1.39 bits per heavy atom. The number of nitrogens with zero attached hydrogens (tertiary/aromatic N) is 2. The first-order valence-corrected chi connectivity index (χ1v) is 6.33. The molecular formula is C12H21N5O. The number of nitrogens with one attached hydrogen (secondary N) is 1. The van der Waals surface area contributed by atoms with Crippen LogP contribution in [0.5, 0.6) is 0 Å². The second kappa shape index (κ2) is 4.97. The summed E-state index contributed by atoms with van der Waals surface area (Å²) in [6.45, 7) is 2.69. The van der Waals surface area contributed by atoms with Gasteiger partial charge < -0.3 is 21.9 Å². The Labute approximate surface area is 107 Å². The summed E-state index contributed by atoms with van der Waals surface area (Å²) in [4.78, 5) is 7.83. The predicted octanol–water partition coefficient (Wildman–Crippen LogP) is 0.994. The Morgan fingerprint density at radius 2 is 2.06 bits per heavy atom. The van der Waals surface area contributed by atoms with Crippen molar-refractivity contribution in [2.75, 3.05) is 23.3 Å². The molecule has 0 amide bonds. The van der Waals surface area contributed by atoms with Gasteiger partial charge in [0.05, 0.1) is 5.60 Å². The molecule has 1 aromatic heterocycles. The SMILES string of the molecule is CC1CCC(O)(CNc2cc(N)nc(N)n2)CC1. The number of anilines is 3. The van der Waals surface area contributed by atoms with E-state index in [1.807, 2.05) is 0 Å². The van der Waals surface area contributed by atoms with Crippen LogP contribution in [-0.2, 0) is 0 Å². The molecule has 0 bridgehead atoms. The van der Waals surface area contributed by atoms with Crippen LogP contribution in [0.15, 0.2) is 6.07 Å². The van der Waals surface area contributed by atoms with Crippen LogP contribution in [0.3, 0.4) is 0 Å². The Bertz CT molecular complexity index is 395. The molecule has 1 aliphatic rings. The van der Waals surface area contributed by atoms with Crippen molar-refractivity contribution < 1.29 is 5.11 Å². The second-order valence-electron chi connectivity index (χ2n) is 5.30. The van der Waals surface area contributed by atoms with Crippen LogP contribution in [0, 0.1) is 5.92 Å². The van der Waals surface area contributed by atoms with Gasteiger partial charge in [0, 0.05) is 12.6 Å². The molecule has 6 N–H and O–H groups in total. The van der Waals surface area contributed by atoms with Crippen LogP contribution in [0.1, 0.15) is 32.6 Å². The van der Waals surface area contributed by atoms with Gasteiger partial charge in [0.25, 0.3) is 0 Å². The average molecular weight is 251 g/mol. The second-order valence-corrected chi connectivity index (χ2v) is 5.30. The van der Waals surface area contributed by atoms with Crippen LogP contribution in [-0.4, -0.2) is 27.2 Å². The maximum absolute atomic E-state index is 10.4. The normalized spacial score (nSPS) is 28.0. The van der Waals surface area contributed by atoms with Crippen LogP contribution in [0.4, 0.5) is 17.6 Å². The molecule has 0 saturated heterocycles. The van der Waals surface area contributed by atoms with Crippen LogP contribution in [0.2, 0.25) is 0 Å². The molecule has 1 fully saturated rings. The van der Waals surface area contributed by atoms with Crippen LogP contribution >= 0.6 is 0 Å². The first kappa shape index (κ1) is 12.9. The Balaban J connectivity index is 1.94. The lowest BCUT2D eigenvalue weighted by molar-refractivity contribution is 0.00495. The van der Waals surface area contributed by atoms with Gasteiger partial charge in [-0.3, -0.25) is 0 Å². The number of hydrogen-bond acceptors (Lipinski definition) is 6. The maximum atomic E-state index is 10.4. The lowest BCUT2D eigenvalue weighted by Gasteiger charge is -2.35. The number of hydrogen-bond donors (Lipinski definition) is 4. The highest BCUT2D eigenvalue weighted by Crippen LogP contribution is 2.31. The van der Waals surface area contributed by atoms with Gasteiger partial charge in [-0.2, -0.15) is 9.97 Å². The molecule has 0 aromatic carbocycles. The van der Waals surface area contributed by atoms with E-state index in [-0.39, 0.29) is 5.95 Å². The largest absolute Gasteiger partial charge is 0.388 e. The third-order valence-electron chi connectivity index (χ3n) is 3.57. The van der Waals surface area contributed by atoms with E-state index in [0.717, 1.165) is 25.7 Å². The summed E-state index contributed by atoms with van der Waals surface area (Å²) < 4.78 is 0. The summed E-state index contributed by atoms with van der Waals surface area (Å²) >= 11 is 0. The van der Waals surface area contributed by atoms with Gasteiger partial charge in [0.2, 0.25) is 5.95 Å². The fourth-order valence-electron chi connectivity index (χ4n) is 2.31. The van der Waals surface area contributed by atoms with Crippen molar-refractivity contribution in [2.45, 2.75) is 38.2 Å². The highest BCUT2D eigenvalue weighted by atomic mass is 16.3. The fraction of sp³-hybridized carbons (Fsp3) is 0.667. The van der Waals surface area contributed by atoms with Crippen molar-refractivity contribution >= 4 is 17.6 Å². The number of aliphatic hydroxyl groups is 1. The maximum Gasteiger partial charge on any atom is 0.223 e. The highest BCUT2D eigenvalue weighted by molar-refractivity contribution is 5.48. The molecule has 1 aliphatic carbocycles. The monoisotopic (exact) mass is 251 g/mol. The van der Waals surface area contributed by atoms with Gasteiger partial charge in [-0.1, -0.05) is 6.92 Å². The molecule has 1 aromatic rings. The van der Waals surface area contributed by atoms with Gasteiger partial charge in [0.1, 0.15) is 11.6 Å². The lowest BCUT2D eigenvalue weighted by Crippen LogP contribution is -2.40. The molecule has 1 saturated carbocycles. The predicted molar refractivity (Wildman–Crippen MR) is 71.9 cm³/mol. The van der Waals surface area contributed by atoms with Crippen LogP contribution < -0.4 is 16.8 Å². The van der Waals surface area contributed by atoms with Crippen molar-refractivity contribution in [3.05, 3.63) is 6.07 Å². The topological polar surface area (TPSA) is 110 Å². The molecule has 0 radical (unpaired) electrons. The van der Waals surface area contributed by atoms with E-state index in [0.29, 0.717) is 24.1 Å². The standard InChI is InChI=1S/C12H21N5O/c1-8-2-4-12(18,5-3-8)7-15-10-6-9(13)16-11(14)17-10/h6,8,18H,2-5,7H2,1H3,(H5,13,14,15,16,17). The molecule has 18 heavy (non-hydrogen) atoms. The van der Waals surface area contributed by atoms with E-state index in [4.69, 9.17) is 11.5 Å². The minimum absolute atomic E-state index is 0.141. The molecule has 6 heteroatoms. The highest BCUT2D eigenvalue weighted by Gasteiger charge is 2.31. The van der Waals surface area contributed by atoms with E-state index >= 15 is 0 Å². The average Bonchev–Trinajstić information content (AvgIpc) is 2.30. The van der Waals surface area contributed by atoms with Crippen LogP contribution in [0.25, 0.3) is 0 Å². The van der Waals surface area contributed by atoms with Crippen molar-refractivity contribution in [2.24, 2.45) is 5.92 Å². The molecule has 0 atom stereocenters. The third-order valence-corrected chi connectivity index (χ3v) is 3.57. The van der Waals surface area contributed by atoms with Crippen molar-refractivity contribution in [1.29, 1.82) is 0 Å². The number of nitrogens with two attached hydrogens (primary N) is 2. The Morgan fingerprint density at radius 3 is 2.67 bits per heavy atom. The van der Waals surface area contributed by atoms with E-state index in [9.17, 15) is 5.11 Å². The van der Waals surface area contributed by atoms with E-state index in [1.54, 1.807) is 6.07 Å². The molecule has 1 heterocycles. The van der Waals surface area contributed by atoms with E-state index < -0.39 is 5.60 Å². The van der Waals surface area contributed by atoms with Gasteiger partial charge in [-0.25, -0.2) is 0 Å². The first-order chi connectivity index (χ1) is 8.47. The molecule has 6 nitrogen and oxygen atoms in total. The molecule has 2 rings (SSSR count). The summed E-state index contributed by atoms with van der Waals surface area (Å²) in [5, 5.41) is 13.5. The van der Waals surface area contributed by atoms with E-state index in [1.165, 1.54) is 0 Å². The zero-order valence-corrected chi connectivity index (χ0v) is 10.7. The van der Waals surface area contributed by atoms with Gasteiger partial charge in [-0.15, -0.1) is 0 Å². The summed E-state index contributed by atoms with van der Waals surface area (Å²) in [7, 11) is 0. The van der Waals surface area contributed by atoms with Gasteiger partial charge in [0.15, 0.2) is 0 Å². The van der Waals surface area contributed by atoms with Crippen molar-refractivity contribution in [3.8, 4) is 0 Å². The smallest absolute Gasteiger partial charge is 0.223 e. The number of rotatable bonds is 3. The number of nitrogen functional groups attached to an aromatic ring is 2. The first-order valence-electron chi connectivity index (χ1n) is 6.33. The molecule has 0 unspecified atom stereocenters. The Hall–Kier alpha value is -1.56. The quantitative estimate of drug-likeness (QED) is 0.638. The fourth-order valence-corrected chi connectivity index (χ4v) is 2.31. The summed E-state index contributed by atoms with van der Waals surface area (Å²) in [6, 6.07) is 1.62. The minimum Gasteiger partial charge on any atom is -0.388 e. The lowest BCUT2D eigenvalue weighted by atomic mass is 9.79. The van der Waals surface area contributed by atoms with Crippen molar-refractivity contribution in [3.63, 3.8) is 0 Å². The number of aromatic nitrogens is 2. The summed E-state index contributed by atoms with van der Waals surface area (Å²) in [5.74, 6) is 1.73. The summed E-state index contributed by atoms with van der Waals surface area (Å²) in [6.07, 6.45) is 3.76. The molecule has 0 aliphatic heterocycles. The molecular weight excluding hydrogens is 230 g/mol. The molecule has 0 spiro atoms. The Kier molecular flexibility index (Phi) is 3.56. The van der Waals surface area contributed by atoms with Gasteiger partial charge in [-0.05, 0) is 31.6 Å². The minimum atomic E-state index is -0.652. The van der Waals surface area contributed by atoms with Crippen molar-refractivity contribution in [1.82, 2.24) is 9.97 Å². The zero-order chi connectivity index (χ0) is 13.2. The zero-order valence-electron chi connectivity index (χ0n) is 10.7. The van der Waals surface area contributed by atoms with Gasteiger partial charge >= 0.3 is 0 Å².